The van der Waals surface area contributed by atoms with Crippen LogP contribution in [0.1, 0.15) is 20.9 Å². The van der Waals surface area contributed by atoms with E-state index in [-0.39, 0.29) is 17.4 Å². The van der Waals surface area contributed by atoms with Gasteiger partial charge in [-0.1, -0.05) is 53.3 Å². The number of carbonyl (C=O) groups excluding carboxylic acids is 3. The van der Waals surface area contributed by atoms with Gasteiger partial charge in [-0.05, 0) is 67.1 Å². The average molecular weight is 564 g/mol. The summed E-state index contributed by atoms with van der Waals surface area (Å²) in [4.78, 5) is 38.9. The van der Waals surface area contributed by atoms with Crippen molar-refractivity contribution in [2.24, 2.45) is 0 Å². The molecular formula is C27H22ClN5O3S2. The summed E-state index contributed by atoms with van der Waals surface area (Å²) in [6, 6.07) is 22.6. The van der Waals surface area contributed by atoms with Gasteiger partial charge in [-0.3, -0.25) is 19.7 Å². The van der Waals surface area contributed by atoms with Crippen molar-refractivity contribution >= 4 is 69.3 Å². The van der Waals surface area contributed by atoms with E-state index in [1.165, 1.54) is 23.1 Å². The molecule has 0 aliphatic heterocycles. The molecule has 0 unspecified atom stereocenters. The third-order valence-electron chi connectivity index (χ3n) is 4.94. The number of amides is 3. The Morgan fingerprint density at radius 2 is 1.71 bits per heavy atom. The molecule has 0 aliphatic carbocycles. The zero-order valence-corrected chi connectivity index (χ0v) is 22.5. The van der Waals surface area contributed by atoms with Gasteiger partial charge in [-0.15, -0.1) is 22.0 Å². The minimum atomic E-state index is -0.499. The Hall–Kier alpha value is -3.99. The Bertz CT molecular complexity index is 1470. The molecule has 0 saturated heterocycles. The quantitative estimate of drug-likeness (QED) is 0.179. The summed E-state index contributed by atoms with van der Waals surface area (Å²) in [7, 11) is 0. The van der Waals surface area contributed by atoms with E-state index in [9.17, 15) is 14.4 Å². The number of nitrogens with zero attached hydrogens (tertiary/aromatic N) is 2. The predicted octanol–water partition coefficient (Wildman–Crippen LogP) is 5.64. The highest BCUT2D eigenvalue weighted by atomic mass is 35.5. The Kier molecular flexibility index (Phi) is 9.26. The van der Waals surface area contributed by atoms with Crippen LogP contribution in [0.25, 0.3) is 6.08 Å². The number of benzene rings is 3. The minimum Gasteiger partial charge on any atom is -0.321 e. The molecule has 3 amide bonds. The zero-order valence-electron chi connectivity index (χ0n) is 20.1. The summed E-state index contributed by atoms with van der Waals surface area (Å²) in [5, 5.41) is 17.7. The van der Waals surface area contributed by atoms with Crippen molar-refractivity contribution in [3.8, 4) is 0 Å². The molecule has 4 rings (SSSR count). The number of nitrogens with one attached hydrogen (secondary N) is 3. The number of hydrogen-bond donors (Lipinski definition) is 3. The van der Waals surface area contributed by atoms with Gasteiger partial charge in [0, 0.05) is 21.2 Å². The van der Waals surface area contributed by atoms with Gasteiger partial charge in [0.05, 0.1) is 5.75 Å². The van der Waals surface area contributed by atoms with E-state index in [1.54, 1.807) is 84.9 Å². The van der Waals surface area contributed by atoms with Crippen LogP contribution in [0.15, 0.2) is 89.5 Å². The Balaban J connectivity index is 1.41. The monoisotopic (exact) mass is 563 g/mol. The first kappa shape index (κ1) is 27.1. The lowest BCUT2D eigenvalue weighted by Crippen LogP contribution is -2.30. The predicted molar refractivity (Wildman–Crippen MR) is 152 cm³/mol. The highest BCUT2D eigenvalue weighted by Crippen LogP contribution is 2.22. The number of aryl methyl sites for hydroxylation is 1. The summed E-state index contributed by atoms with van der Waals surface area (Å²) in [6.07, 6.45) is 1.56. The number of anilines is 2. The van der Waals surface area contributed by atoms with Crippen LogP contribution in [0.4, 0.5) is 10.8 Å². The maximum Gasteiger partial charge on any atom is 0.272 e. The van der Waals surface area contributed by atoms with E-state index in [0.29, 0.717) is 27.0 Å². The van der Waals surface area contributed by atoms with Crippen LogP contribution in [0.5, 0.6) is 0 Å². The normalized spacial score (nSPS) is 11.1. The smallest absolute Gasteiger partial charge is 0.272 e. The second kappa shape index (κ2) is 13.0. The molecule has 4 aromatic rings. The molecule has 0 saturated carbocycles. The van der Waals surface area contributed by atoms with Crippen LogP contribution in [-0.4, -0.2) is 33.7 Å². The molecule has 0 radical (unpaired) electrons. The maximum atomic E-state index is 13.1. The lowest BCUT2D eigenvalue weighted by Gasteiger charge is -2.12. The molecule has 11 heteroatoms. The van der Waals surface area contributed by atoms with Gasteiger partial charge in [0.2, 0.25) is 11.0 Å². The fourth-order valence-corrected chi connectivity index (χ4v) is 4.69. The summed E-state index contributed by atoms with van der Waals surface area (Å²) in [5.41, 5.74) is 1.66. The van der Waals surface area contributed by atoms with Crippen molar-refractivity contribution in [1.82, 2.24) is 15.5 Å². The van der Waals surface area contributed by atoms with Crippen LogP contribution in [0, 0.1) is 6.92 Å². The highest BCUT2D eigenvalue weighted by Gasteiger charge is 2.15. The summed E-state index contributed by atoms with van der Waals surface area (Å²) < 4.78 is 0. The molecule has 0 fully saturated rings. The topological polar surface area (TPSA) is 113 Å². The number of thioether (sulfide) groups is 1. The largest absolute Gasteiger partial charge is 0.321 e. The van der Waals surface area contributed by atoms with E-state index in [2.05, 4.69) is 26.1 Å². The van der Waals surface area contributed by atoms with E-state index in [0.717, 1.165) is 9.90 Å². The summed E-state index contributed by atoms with van der Waals surface area (Å²) in [5.74, 6) is -0.903. The molecule has 38 heavy (non-hydrogen) atoms. The second-order valence-corrected chi connectivity index (χ2v) is 10.5. The van der Waals surface area contributed by atoms with E-state index >= 15 is 0 Å². The van der Waals surface area contributed by atoms with Crippen LogP contribution >= 0.6 is 34.7 Å². The van der Waals surface area contributed by atoms with Crippen molar-refractivity contribution in [2.45, 2.75) is 11.8 Å². The van der Waals surface area contributed by atoms with Crippen molar-refractivity contribution in [2.75, 3.05) is 16.4 Å². The molecule has 3 aromatic carbocycles. The van der Waals surface area contributed by atoms with Gasteiger partial charge >= 0.3 is 0 Å². The van der Waals surface area contributed by atoms with Gasteiger partial charge in [0.15, 0.2) is 0 Å². The van der Waals surface area contributed by atoms with Gasteiger partial charge in [0.1, 0.15) is 10.7 Å². The molecule has 0 spiro atoms. The van der Waals surface area contributed by atoms with E-state index in [1.807, 2.05) is 6.92 Å². The number of halogens is 1. The summed E-state index contributed by atoms with van der Waals surface area (Å²) in [6.45, 7) is 1.82. The minimum absolute atomic E-state index is 0.0585. The van der Waals surface area contributed by atoms with Crippen molar-refractivity contribution in [1.29, 1.82) is 0 Å². The first-order valence-electron chi connectivity index (χ1n) is 11.3. The standard InChI is InChI=1S/C27H22ClN5O3S2/c1-17-32-33-27(38-17)31-24(34)16-37-22-12-10-21(11-13-22)29-26(36)23(15-18-6-5-9-20(28)14-18)30-25(35)19-7-3-2-4-8-19/h2-15H,16H2,1H3,(H,29,36)(H,30,35)(H,31,33,34)/b23-15-. The fraction of sp³-hybridized carbons (Fsp3) is 0.0741. The molecule has 1 heterocycles. The van der Waals surface area contributed by atoms with Gasteiger partial charge in [0.25, 0.3) is 11.8 Å². The molecular weight excluding hydrogens is 542 g/mol. The first-order chi connectivity index (χ1) is 18.4. The van der Waals surface area contributed by atoms with Gasteiger partial charge in [-0.25, -0.2) is 0 Å². The van der Waals surface area contributed by atoms with Crippen molar-refractivity contribution in [3.63, 3.8) is 0 Å². The van der Waals surface area contributed by atoms with Gasteiger partial charge in [-0.2, -0.15) is 0 Å². The van der Waals surface area contributed by atoms with Gasteiger partial charge < -0.3 is 10.6 Å². The second-order valence-electron chi connectivity index (χ2n) is 7.87. The zero-order chi connectivity index (χ0) is 26.9. The fourth-order valence-electron chi connectivity index (χ4n) is 3.19. The van der Waals surface area contributed by atoms with Crippen LogP contribution in [0.2, 0.25) is 5.02 Å². The number of rotatable bonds is 9. The van der Waals surface area contributed by atoms with Crippen molar-refractivity contribution in [3.05, 3.63) is 106 Å². The molecule has 1 aromatic heterocycles. The third-order valence-corrected chi connectivity index (χ3v) is 6.94. The third kappa shape index (κ3) is 8.01. The highest BCUT2D eigenvalue weighted by molar-refractivity contribution is 8.00. The molecule has 192 valence electrons. The molecule has 3 N–H and O–H groups in total. The Labute approximate surface area is 232 Å². The Morgan fingerprint density at radius 3 is 2.39 bits per heavy atom. The summed E-state index contributed by atoms with van der Waals surface area (Å²) >= 11 is 8.75. The van der Waals surface area contributed by atoms with Crippen LogP contribution in [-0.2, 0) is 9.59 Å². The average Bonchev–Trinajstić information content (AvgIpc) is 3.32. The number of carbonyl (C=O) groups is 3. The van der Waals surface area contributed by atoms with Crippen LogP contribution < -0.4 is 16.0 Å². The van der Waals surface area contributed by atoms with Crippen LogP contribution in [0.3, 0.4) is 0 Å². The molecule has 0 aliphatic rings. The number of aromatic nitrogens is 2. The van der Waals surface area contributed by atoms with E-state index < -0.39 is 11.8 Å². The molecule has 0 bridgehead atoms. The SMILES string of the molecule is Cc1nnc(NC(=O)CSc2ccc(NC(=O)/C(=C/c3cccc(Cl)c3)NC(=O)c3ccccc3)cc2)s1. The van der Waals surface area contributed by atoms with E-state index in [4.69, 9.17) is 11.6 Å². The Morgan fingerprint density at radius 1 is 0.947 bits per heavy atom. The van der Waals surface area contributed by atoms with Crippen molar-refractivity contribution < 1.29 is 14.4 Å². The molecule has 8 nitrogen and oxygen atoms in total. The lowest BCUT2D eigenvalue weighted by molar-refractivity contribution is -0.114. The molecule has 0 atom stereocenters. The maximum absolute atomic E-state index is 13.1. The first-order valence-corrected chi connectivity index (χ1v) is 13.5. The lowest BCUT2D eigenvalue weighted by atomic mass is 10.1. The number of hydrogen-bond acceptors (Lipinski definition) is 7.